The standard InChI is InChI=1S/C20H22N4O2/c1-4-26-16-10-9-14-7-5-6-8-15(14)19(16)20(25)22-13-17-21-12-11-18(23-17)24(2)3/h5-12H,4,13H2,1-3H3,(H,22,25). The van der Waals surface area contributed by atoms with Gasteiger partial charge in [-0.2, -0.15) is 0 Å². The molecule has 2 aromatic carbocycles. The van der Waals surface area contributed by atoms with Crippen LogP contribution in [0.2, 0.25) is 0 Å². The molecule has 1 amide bonds. The first kappa shape index (κ1) is 17.7. The molecule has 0 aliphatic rings. The van der Waals surface area contributed by atoms with Crippen LogP contribution in [-0.4, -0.2) is 36.6 Å². The van der Waals surface area contributed by atoms with Crippen LogP contribution in [0.3, 0.4) is 0 Å². The van der Waals surface area contributed by atoms with Crippen molar-refractivity contribution in [3.8, 4) is 5.75 Å². The predicted molar refractivity (Wildman–Crippen MR) is 103 cm³/mol. The Bertz CT molecular complexity index is 925. The van der Waals surface area contributed by atoms with E-state index in [4.69, 9.17) is 4.74 Å². The zero-order chi connectivity index (χ0) is 18.5. The summed E-state index contributed by atoms with van der Waals surface area (Å²) >= 11 is 0. The molecule has 0 atom stereocenters. The summed E-state index contributed by atoms with van der Waals surface area (Å²) < 4.78 is 5.67. The molecule has 6 heteroatoms. The highest BCUT2D eigenvalue weighted by atomic mass is 16.5. The minimum absolute atomic E-state index is 0.205. The molecule has 1 heterocycles. The average Bonchev–Trinajstić information content (AvgIpc) is 2.66. The Morgan fingerprint density at radius 1 is 1.15 bits per heavy atom. The molecule has 6 nitrogen and oxygen atoms in total. The third-order valence-electron chi connectivity index (χ3n) is 3.97. The predicted octanol–water partition coefficient (Wildman–Crippen LogP) is 3.02. The van der Waals surface area contributed by atoms with Crippen molar-refractivity contribution < 1.29 is 9.53 Å². The van der Waals surface area contributed by atoms with Crippen molar-refractivity contribution in [1.29, 1.82) is 0 Å². The molecule has 0 bridgehead atoms. The molecule has 0 saturated carbocycles. The fourth-order valence-electron chi connectivity index (χ4n) is 2.73. The molecule has 0 unspecified atom stereocenters. The average molecular weight is 350 g/mol. The molecule has 26 heavy (non-hydrogen) atoms. The van der Waals surface area contributed by atoms with Gasteiger partial charge in [-0.3, -0.25) is 4.79 Å². The molecule has 0 aliphatic heterocycles. The first-order chi connectivity index (χ1) is 12.6. The topological polar surface area (TPSA) is 67.3 Å². The maximum absolute atomic E-state index is 12.9. The third kappa shape index (κ3) is 3.74. The Labute approximate surface area is 152 Å². The van der Waals surface area contributed by atoms with Crippen molar-refractivity contribution in [1.82, 2.24) is 15.3 Å². The highest BCUT2D eigenvalue weighted by Gasteiger charge is 2.17. The first-order valence-corrected chi connectivity index (χ1v) is 8.52. The van der Waals surface area contributed by atoms with Gasteiger partial charge in [0.15, 0.2) is 0 Å². The van der Waals surface area contributed by atoms with E-state index in [1.54, 1.807) is 6.20 Å². The second kappa shape index (κ2) is 7.82. The summed E-state index contributed by atoms with van der Waals surface area (Å²) in [6, 6.07) is 13.4. The first-order valence-electron chi connectivity index (χ1n) is 8.52. The molecular weight excluding hydrogens is 328 g/mol. The number of nitrogens with one attached hydrogen (secondary N) is 1. The van der Waals surface area contributed by atoms with Gasteiger partial charge in [-0.05, 0) is 29.8 Å². The van der Waals surface area contributed by atoms with Crippen molar-refractivity contribution in [3.05, 3.63) is 60.0 Å². The van der Waals surface area contributed by atoms with Gasteiger partial charge in [0.1, 0.15) is 17.4 Å². The Morgan fingerprint density at radius 2 is 1.96 bits per heavy atom. The summed E-state index contributed by atoms with van der Waals surface area (Å²) in [6.45, 7) is 2.64. The van der Waals surface area contributed by atoms with Crippen LogP contribution < -0.4 is 15.0 Å². The lowest BCUT2D eigenvalue weighted by molar-refractivity contribution is 0.0948. The Morgan fingerprint density at radius 3 is 2.73 bits per heavy atom. The summed E-state index contributed by atoms with van der Waals surface area (Å²) in [5, 5.41) is 4.76. The molecule has 0 spiro atoms. The Hall–Kier alpha value is -3.15. The molecular formula is C20H22N4O2. The summed E-state index contributed by atoms with van der Waals surface area (Å²) in [6.07, 6.45) is 1.69. The summed E-state index contributed by atoms with van der Waals surface area (Å²) in [7, 11) is 3.82. The molecule has 3 rings (SSSR count). The fraction of sp³-hybridized carbons (Fsp3) is 0.250. The zero-order valence-corrected chi connectivity index (χ0v) is 15.2. The van der Waals surface area contributed by atoms with Crippen LogP contribution in [0.4, 0.5) is 5.82 Å². The third-order valence-corrected chi connectivity index (χ3v) is 3.97. The van der Waals surface area contributed by atoms with Crippen LogP contribution in [0.25, 0.3) is 10.8 Å². The summed E-state index contributed by atoms with van der Waals surface area (Å²) in [5.41, 5.74) is 0.536. The minimum Gasteiger partial charge on any atom is -0.493 e. The number of carbonyl (C=O) groups excluding carboxylic acids is 1. The van der Waals surface area contributed by atoms with Crippen molar-refractivity contribution in [2.24, 2.45) is 0 Å². The van der Waals surface area contributed by atoms with Gasteiger partial charge < -0.3 is 15.0 Å². The van der Waals surface area contributed by atoms with Crippen molar-refractivity contribution >= 4 is 22.5 Å². The van der Waals surface area contributed by atoms with Gasteiger partial charge in [0.05, 0.1) is 18.7 Å². The number of amides is 1. The Kier molecular flexibility index (Phi) is 5.31. The van der Waals surface area contributed by atoms with Crippen molar-refractivity contribution in [3.63, 3.8) is 0 Å². The van der Waals surface area contributed by atoms with Crippen LogP contribution in [0.1, 0.15) is 23.1 Å². The number of nitrogens with zero attached hydrogens (tertiary/aromatic N) is 3. The number of carbonyl (C=O) groups is 1. The number of hydrogen-bond donors (Lipinski definition) is 1. The number of anilines is 1. The largest absolute Gasteiger partial charge is 0.493 e. The van der Waals surface area contributed by atoms with E-state index in [1.807, 2.05) is 68.4 Å². The number of benzene rings is 2. The monoisotopic (exact) mass is 350 g/mol. The minimum atomic E-state index is -0.205. The molecule has 0 fully saturated rings. The maximum Gasteiger partial charge on any atom is 0.256 e. The number of hydrogen-bond acceptors (Lipinski definition) is 5. The number of aromatic nitrogens is 2. The van der Waals surface area contributed by atoms with Gasteiger partial charge >= 0.3 is 0 Å². The van der Waals surface area contributed by atoms with Gasteiger partial charge in [-0.1, -0.05) is 30.3 Å². The van der Waals surface area contributed by atoms with Gasteiger partial charge in [-0.15, -0.1) is 0 Å². The smallest absolute Gasteiger partial charge is 0.256 e. The number of rotatable bonds is 6. The molecule has 3 aromatic rings. The van der Waals surface area contributed by atoms with Crippen molar-refractivity contribution in [2.45, 2.75) is 13.5 Å². The van der Waals surface area contributed by atoms with Crippen LogP contribution in [0, 0.1) is 0 Å². The molecule has 1 aromatic heterocycles. The molecule has 134 valence electrons. The Balaban J connectivity index is 1.87. The fourth-order valence-corrected chi connectivity index (χ4v) is 2.73. The zero-order valence-electron chi connectivity index (χ0n) is 15.2. The quantitative estimate of drug-likeness (QED) is 0.740. The summed E-state index contributed by atoms with van der Waals surface area (Å²) in [5.74, 6) is 1.72. The van der Waals surface area contributed by atoms with E-state index in [1.165, 1.54) is 0 Å². The van der Waals surface area contributed by atoms with E-state index in [2.05, 4.69) is 15.3 Å². The normalized spacial score (nSPS) is 10.6. The van der Waals surface area contributed by atoms with E-state index in [-0.39, 0.29) is 12.5 Å². The molecule has 0 aliphatic carbocycles. The SMILES string of the molecule is CCOc1ccc2ccccc2c1C(=O)NCc1nccc(N(C)C)n1. The maximum atomic E-state index is 12.9. The van der Waals surface area contributed by atoms with Gasteiger partial charge in [0, 0.05) is 20.3 Å². The van der Waals surface area contributed by atoms with E-state index in [0.29, 0.717) is 23.7 Å². The molecule has 0 saturated heterocycles. The van der Waals surface area contributed by atoms with E-state index in [9.17, 15) is 4.79 Å². The highest BCUT2D eigenvalue weighted by Crippen LogP contribution is 2.28. The molecule has 0 radical (unpaired) electrons. The lowest BCUT2D eigenvalue weighted by Gasteiger charge is -2.14. The van der Waals surface area contributed by atoms with Gasteiger partial charge in [0.2, 0.25) is 0 Å². The van der Waals surface area contributed by atoms with Gasteiger partial charge in [0.25, 0.3) is 5.91 Å². The molecule has 1 N–H and O–H groups in total. The lowest BCUT2D eigenvalue weighted by atomic mass is 10.0. The van der Waals surface area contributed by atoms with E-state index < -0.39 is 0 Å². The van der Waals surface area contributed by atoms with Crippen LogP contribution in [0.15, 0.2) is 48.7 Å². The highest BCUT2D eigenvalue weighted by molar-refractivity contribution is 6.09. The van der Waals surface area contributed by atoms with Gasteiger partial charge in [-0.25, -0.2) is 9.97 Å². The summed E-state index contributed by atoms with van der Waals surface area (Å²) in [4.78, 5) is 23.4. The second-order valence-corrected chi connectivity index (χ2v) is 6.00. The van der Waals surface area contributed by atoms with E-state index in [0.717, 1.165) is 16.6 Å². The van der Waals surface area contributed by atoms with Crippen molar-refractivity contribution in [2.75, 3.05) is 25.6 Å². The number of fused-ring (bicyclic) bond motifs is 1. The van der Waals surface area contributed by atoms with Crippen LogP contribution in [0.5, 0.6) is 5.75 Å². The van der Waals surface area contributed by atoms with Crippen LogP contribution >= 0.6 is 0 Å². The van der Waals surface area contributed by atoms with E-state index >= 15 is 0 Å². The number of ether oxygens (including phenoxy) is 1. The lowest BCUT2D eigenvalue weighted by Crippen LogP contribution is -2.25. The second-order valence-electron chi connectivity index (χ2n) is 6.00. The van der Waals surface area contributed by atoms with Crippen LogP contribution in [-0.2, 0) is 6.54 Å².